The number of urea groups is 1. The fraction of sp³-hybridized carbons (Fsp3) is 0.727. The van der Waals surface area contributed by atoms with Crippen molar-refractivity contribution in [3.63, 3.8) is 0 Å². The quantitative estimate of drug-likeness (QED) is 0.698. The summed E-state index contributed by atoms with van der Waals surface area (Å²) in [5, 5.41) is 5.45. The summed E-state index contributed by atoms with van der Waals surface area (Å²) in [5.74, 6) is 0. The van der Waals surface area contributed by atoms with Gasteiger partial charge in [-0.3, -0.25) is 0 Å². The SMILES string of the molecule is COCCNC(=O)NC=C1CCCCC1. The zero-order chi connectivity index (χ0) is 10.9. The molecule has 0 aromatic rings. The molecule has 1 aliphatic rings. The Bertz CT molecular complexity index is 219. The average Bonchev–Trinajstić information content (AvgIpc) is 2.28. The van der Waals surface area contributed by atoms with E-state index in [0.29, 0.717) is 13.2 Å². The second kappa shape index (κ2) is 7.29. The lowest BCUT2D eigenvalue weighted by molar-refractivity contribution is 0.196. The third-order valence-electron chi connectivity index (χ3n) is 2.49. The molecule has 0 heterocycles. The molecule has 1 fully saturated rings. The van der Waals surface area contributed by atoms with Gasteiger partial charge in [0.15, 0.2) is 0 Å². The van der Waals surface area contributed by atoms with E-state index >= 15 is 0 Å². The molecule has 1 saturated carbocycles. The van der Waals surface area contributed by atoms with Crippen LogP contribution in [0.4, 0.5) is 4.79 Å². The van der Waals surface area contributed by atoms with Gasteiger partial charge in [-0.1, -0.05) is 12.0 Å². The van der Waals surface area contributed by atoms with Gasteiger partial charge in [0.05, 0.1) is 6.61 Å². The van der Waals surface area contributed by atoms with E-state index in [2.05, 4.69) is 10.6 Å². The van der Waals surface area contributed by atoms with Gasteiger partial charge >= 0.3 is 6.03 Å². The first-order valence-electron chi connectivity index (χ1n) is 5.54. The molecule has 4 nitrogen and oxygen atoms in total. The Kier molecular flexibility index (Phi) is 5.85. The third-order valence-corrected chi connectivity index (χ3v) is 2.49. The Morgan fingerprint density at radius 1 is 1.40 bits per heavy atom. The first-order valence-corrected chi connectivity index (χ1v) is 5.54. The number of hydrogen-bond donors (Lipinski definition) is 2. The molecule has 1 rings (SSSR count). The second-order valence-electron chi connectivity index (χ2n) is 3.76. The maximum atomic E-state index is 11.2. The lowest BCUT2D eigenvalue weighted by Crippen LogP contribution is -2.34. The number of carbonyl (C=O) groups excluding carboxylic acids is 1. The van der Waals surface area contributed by atoms with Crippen LogP contribution in [0.2, 0.25) is 0 Å². The van der Waals surface area contributed by atoms with E-state index < -0.39 is 0 Å². The molecule has 0 spiro atoms. The summed E-state index contributed by atoms with van der Waals surface area (Å²) in [6.07, 6.45) is 7.91. The van der Waals surface area contributed by atoms with Gasteiger partial charge < -0.3 is 15.4 Å². The third kappa shape index (κ3) is 5.42. The van der Waals surface area contributed by atoms with E-state index in [4.69, 9.17) is 4.74 Å². The Balaban J connectivity index is 2.14. The van der Waals surface area contributed by atoms with E-state index in [9.17, 15) is 4.79 Å². The molecule has 0 aromatic carbocycles. The molecule has 2 N–H and O–H groups in total. The molecule has 15 heavy (non-hydrogen) atoms. The Morgan fingerprint density at radius 2 is 2.13 bits per heavy atom. The van der Waals surface area contributed by atoms with Crippen molar-refractivity contribution in [2.45, 2.75) is 32.1 Å². The van der Waals surface area contributed by atoms with Crippen molar-refractivity contribution >= 4 is 6.03 Å². The van der Waals surface area contributed by atoms with Crippen molar-refractivity contribution in [2.75, 3.05) is 20.3 Å². The largest absolute Gasteiger partial charge is 0.383 e. The van der Waals surface area contributed by atoms with Crippen LogP contribution in [0.25, 0.3) is 0 Å². The van der Waals surface area contributed by atoms with E-state index in [1.54, 1.807) is 7.11 Å². The summed E-state index contributed by atoms with van der Waals surface area (Å²) in [6, 6.07) is -0.148. The minimum Gasteiger partial charge on any atom is -0.383 e. The van der Waals surface area contributed by atoms with Crippen LogP contribution in [-0.4, -0.2) is 26.3 Å². The van der Waals surface area contributed by atoms with Crippen molar-refractivity contribution in [2.24, 2.45) is 0 Å². The van der Waals surface area contributed by atoms with Gasteiger partial charge in [-0.15, -0.1) is 0 Å². The van der Waals surface area contributed by atoms with Gasteiger partial charge in [0.1, 0.15) is 0 Å². The molecular weight excluding hydrogens is 192 g/mol. The average molecular weight is 212 g/mol. The first-order chi connectivity index (χ1) is 7.33. The highest BCUT2D eigenvalue weighted by molar-refractivity contribution is 5.74. The van der Waals surface area contributed by atoms with Crippen LogP contribution in [0, 0.1) is 0 Å². The van der Waals surface area contributed by atoms with Gasteiger partial charge in [0.2, 0.25) is 0 Å². The number of nitrogens with one attached hydrogen (secondary N) is 2. The molecule has 0 atom stereocenters. The normalized spacial score (nSPS) is 15.9. The maximum Gasteiger partial charge on any atom is 0.318 e. The lowest BCUT2D eigenvalue weighted by atomic mass is 9.96. The smallest absolute Gasteiger partial charge is 0.318 e. The number of rotatable bonds is 4. The zero-order valence-electron chi connectivity index (χ0n) is 9.34. The number of hydrogen-bond acceptors (Lipinski definition) is 2. The molecule has 0 aromatic heterocycles. The first kappa shape index (κ1) is 12.0. The predicted octanol–water partition coefficient (Wildman–Crippen LogP) is 1.78. The van der Waals surface area contributed by atoms with Crippen LogP contribution in [0.3, 0.4) is 0 Å². The lowest BCUT2D eigenvalue weighted by Gasteiger charge is -2.13. The maximum absolute atomic E-state index is 11.2. The molecule has 0 aliphatic heterocycles. The van der Waals surface area contributed by atoms with Gasteiger partial charge in [-0.2, -0.15) is 0 Å². The fourth-order valence-corrected chi connectivity index (χ4v) is 1.64. The summed E-state index contributed by atoms with van der Waals surface area (Å²) in [5.41, 5.74) is 1.35. The Labute approximate surface area is 91.1 Å². The molecule has 2 amide bonds. The topological polar surface area (TPSA) is 50.4 Å². The van der Waals surface area contributed by atoms with Crippen molar-refractivity contribution in [1.82, 2.24) is 10.6 Å². The van der Waals surface area contributed by atoms with Crippen molar-refractivity contribution in [3.05, 3.63) is 11.8 Å². The van der Waals surface area contributed by atoms with Gasteiger partial charge in [0.25, 0.3) is 0 Å². The van der Waals surface area contributed by atoms with Crippen LogP contribution < -0.4 is 10.6 Å². The Hall–Kier alpha value is -1.03. The standard InChI is InChI=1S/C11H20N2O2/c1-15-8-7-12-11(14)13-9-10-5-3-2-4-6-10/h9H,2-8H2,1H3,(H2,12,13,14). The van der Waals surface area contributed by atoms with Crippen molar-refractivity contribution in [1.29, 1.82) is 0 Å². The molecule has 86 valence electrons. The van der Waals surface area contributed by atoms with E-state index in [-0.39, 0.29) is 6.03 Å². The minimum absolute atomic E-state index is 0.148. The van der Waals surface area contributed by atoms with Gasteiger partial charge in [-0.25, -0.2) is 4.79 Å². The highest BCUT2D eigenvalue weighted by Crippen LogP contribution is 2.21. The molecule has 0 radical (unpaired) electrons. The van der Waals surface area contributed by atoms with E-state index in [1.807, 2.05) is 6.20 Å². The zero-order valence-corrected chi connectivity index (χ0v) is 9.34. The molecule has 0 bridgehead atoms. The number of methoxy groups -OCH3 is 1. The predicted molar refractivity (Wildman–Crippen MR) is 59.6 cm³/mol. The summed E-state index contributed by atoms with van der Waals surface area (Å²) in [7, 11) is 1.61. The molecule has 0 unspecified atom stereocenters. The highest BCUT2D eigenvalue weighted by Gasteiger charge is 2.05. The highest BCUT2D eigenvalue weighted by atomic mass is 16.5. The summed E-state index contributed by atoms with van der Waals surface area (Å²) >= 11 is 0. The molecular formula is C11H20N2O2. The molecule has 4 heteroatoms. The van der Waals surface area contributed by atoms with Gasteiger partial charge in [0, 0.05) is 19.9 Å². The monoisotopic (exact) mass is 212 g/mol. The number of allylic oxidation sites excluding steroid dienone is 1. The van der Waals surface area contributed by atoms with Crippen LogP contribution in [0.5, 0.6) is 0 Å². The molecule has 1 aliphatic carbocycles. The van der Waals surface area contributed by atoms with Crippen LogP contribution in [0.15, 0.2) is 11.8 Å². The van der Waals surface area contributed by atoms with Crippen LogP contribution in [0.1, 0.15) is 32.1 Å². The Morgan fingerprint density at radius 3 is 2.80 bits per heavy atom. The van der Waals surface area contributed by atoms with Gasteiger partial charge in [-0.05, 0) is 25.7 Å². The van der Waals surface area contributed by atoms with Crippen LogP contribution >= 0.6 is 0 Å². The number of carbonyl (C=O) groups is 1. The summed E-state index contributed by atoms with van der Waals surface area (Å²) < 4.78 is 4.83. The summed E-state index contributed by atoms with van der Waals surface area (Å²) in [4.78, 5) is 11.2. The number of amides is 2. The second-order valence-corrected chi connectivity index (χ2v) is 3.76. The minimum atomic E-state index is -0.148. The fourth-order valence-electron chi connectivity index (χ4n) is 1.64. The van der Waals surface area contributed by atoms with Crippen LogP contribution in [-0.2, 0) is 4.74 Å². The summed E-state index contributed by atoms with van der Waals surface area (Å²) in [6.45, 7) is 1.09. The molecule has 0 saturated heterocycles. The van der Waals surface area contributed by atoms with Crippen molar-refractivity contribution < 1.29 is 9.53 Å². The van der Waals surface area contributed by atoms with E-state index in [1.165, 1.54) is 24.8 Å². The van der Waals surface area contributed by atoms with E-state index in [0.717, 1.165) is 12.8 Å². The van der Waals surface area contributed by atoms with Crippen molar-refractivity contribution in [3.8, 4) is 0 Å². The number of ether oxygens (including phenoxy) is 1.